The van der Waals surface area contributed by atoms with E-state index in [0.717, 1.165) is 5.56 Å². The predicted octanol–water partition coefficient (Wildman–Crippen LogP) is 2.43. The molecule has 7 heteroatoms. The van der Waals surface area contributed by atoms with Gasteiger partial charge in [0.2, 0.25) is 0 Å². The number of nitrogens with one attached hydrogen (secondary N) is 1. The zero-order valence-electron chi connectivity index (χ0n) is 11.7. The van der Waals surface area contributed by atoms with E-state index in [1.165, 1.54) is 18.9 Å². The molecule has 0 saturated heterocycles. The van der Waals surface area contributed by atoms with Crippen LogP contribution in [0.3, 0.4) is 0 Å². The lowest BCUT2D eigenvalue weighted by molar-refractivity contribution is -0.142. The summed E-state index contributed by atoms with van der Waals surface area (Å²) in [4.78, 5) is 23.3. The van der Waals surface area contributed by atoms with E-state index in [4.69, 9.17) is 16.3 Å². The summed E-state index contributed by atoms with van der Waals surface area (Å²) in [5, 5.41) is 2.50. The topological polar surface area (TPSA) is 64.6 Å². The number of esters is 1. The second-order valence-electron chi connectivity index (χ2n) is 4.05. The first-order chi connectivity index (χ1) is 10.2. The van der Waals surface area contributed by atoms with Gasteiger partial charge in [0.25, 0.3) is 0 Å². The fourth-order valence-electron chi connectivity index (χ4n) is 1.47. The van der Waals surface area contributed by atoms with Crippen molar-refractivity contribution in [2.24, 2.45) is 0 Å². The number of carbonyl (C=O) groups excluding carboxylic acids is 2. The van der Waals surface area contributed by atoms with Crippen LogP contribution in [0.5, 0.6) is 0 Å². The minimum atomic E-state index is -0.744. The minimum absolute atomic E-state index is 0.148. The van der Waals surface area contributed by atoms with Crippen molar-refractivity contribution in [3.63, 3.8) is 0 Å². The van der Waals surface area contributed by atoms with Gasteiger partial charge >= 0.3 is 12.1 Å². The minimum Gasteiger partial charge on any atom is -0.467 e. The van der Waals surface area contributed by atoms with Gasteiger partial charge in [-0.05, 0) is 5.56 Å². The number of amides is 1. The maximum atomic E-state index is 11.7. The van der Waals surface area contributed by atoms with Crippen molar-refractivity contribution in [1.29, 1.82) is 0 Å². The van der Waals surface area contributed by atoms with Crippen LogP contribution in [0.2, 0.25) is 0 Å². The monoisotopic (exact) mass is 331 g/mol. The van der Waals surface area contributed by atoms with E-state index in [9.17, 15) is 9.59 Å². The molecule has 21 heavy (non-hydrogen) atoms. The Hall–Kier alpha value is -1.40. The second-order valence-corrected chi connectivity index (χ2v) is 5.57. The van der Waals surface area contributed by atoms with Crippen LogP contribution in [0.25, 0.3) is 0 Å². The molecule has 1 rings (SSSR count). The van der Waals surface area contributed by atoms with Crippen molar-refractivity contribution in [1.82, 2.24) is 5.32 Å². The fraction of sp³-hybridized carbons (Fsp3) is 0.429. The highest BCUT2D eigenvalue weighted by molar-refractivity contribution is 7.99. The highest BCUT2D eigenvalue weighted by Crippen LogP contribution is 2.06. The van der Waals surface area contributed by atoms with E-state index < -0.39 is 18.1 Å². The van der Waals surface area contributed by atoms with E-state index in [1.54, 1.807) is 0 Å². The third-order valence-electron chi connectivity index (χ3n) is 2.50. The van der Waals surface area contributed by atoms with E-state index >= 15 is 0 Å². The lowest BCUT2D eigenvalue weighted by Crippen LogP contribution is -2.43. The Morgan fingerprint density at radius 2 is 2.05 bits per heavy atom. The molecular weight excluding hydrogens is 314 g/mol. The number of alkyl halides is 1. The summed E-state index contributed by atoms with van der Waals surface area (Å²) in [5.74, 6) is 1.06. The lowest BCUT2D eigenvalue weighted by atomic mass is 10.2. The first-order valence-electron chi connectivity index (χ1n) is 6.36. The van der Waals surface area contributed by atoms with E-state index in [1.807, 2.05) is 30.3 Å². The predicted molar refractivity (Wildman–Crippen MR) is 83.6 cm³/mol. The van der Waals surface area contributed by atoms with Crippen LogP contribution in [0.4, 0.5) is 4.79 Å². The summed E-state index contributed by atoms with van der Waals surface area (Å²) in [5.41, 5.74) is 0.874. The van der Waals surface area contributed by atoms with Gasteiger partial charge in [0.1, 0.15) is 12.6 Å². The molecule has 116 valence electrons. The van der Waals surface area contributed by atoms with Crippen molar-refractivity contribution in [3.8, 4) is 0 Å². The largest absolute Gasteiger partial charge is 0.467 e. The van der Waals surface area contributed by atoms with E-state index in [2.05, 4.69) is 10.1 Å². The van der Waals surface area contributed by atoms with Gasteiger partial charge in [-0.15, -0.1) is 11.6 Å². The van der Waals surface area contributed by atoms with Crippen LogP contribution in [0.15, 0.2) is 30.3 Å². The summed E-state index contributed by atoms with van der Waals surface area (Å²) >= 11 is 7.03. The molecule has 0 aromatic heterocycles. The van der Waals surface area contributed by atoms with Crippen molar-refractivity contribution in [2.75, 3.05) is 24.5 Å². The summed E-state index contributed by atoms with van der Waals surface area (Å²) in [7, 11) is 1.28. The number of benzene rings is 1. The number of hydrogen-bond acceptors (Lipinski definition) is 5. The molecule has 0 unspecified atom stereocenters. The van der Waals surface area contributed by atoms with Gasteiger partial charge < -0.3 is 14.8 Å². The Bertz CT molecular complexity index is 444. The normalized spacial score (nSPS) is 11.5. The molecule has 0 radical (unpaired) electrons. The van der Waals surface area contributed by atoms with Crippen molar-refractivity contribution >= 4 is 35.4 Å². The summed E-state index contributed by atoms with van der Waals surface area (Å²) in [6.45, 7) is 0.148. The first-order valence-corrected chi connectivity index (χ1v) is 8.05. The number of alkyl carbamates (subject to hydrolysis) is 1. The van der Waals surface area contributed by atoms with Crippen molar-refractivity contribution in [2.45, 2.75) is 12.6 Å². The molecule has 0 saturated carbocycles. The molecule has 0 aliphatic heterocycles. The molecule has 1 amide bonds. The maximum absolute atomic E-state index is 11.7. The van der Waals surface area contributed by atoms with E-state index in [-0.39, 0.29) is 6.61 Å². The maximum Gasteiger partial charge on any atom is 0.408 e. The van der Waals surface area contributed by atoms with Gasteiger partial charge in [0.05, 0.1) is 7.11 Å². The average Bonchev–Trinajstić information content (AvgIpc) is 2.52. The van der Waals surface area contributed by atoms with Crippen LogP contribution in [-0.2, 0) is 20.9 Å². The van der Waals surface area contributed by atoms with Crippen LogP contribution in [0, 0.1) is 0 Å². The molecular formula is C14H18ClNO4S. The van der Waals surface area contributed by atoms with Crippen LogP contribution in [-0.4, -0.2) is 42.6 Å². The molecule has 0 spiro atoms. The molecule has 5 nitrogen and oxygen atoms in total. The standard InChI is InChI=1S/C14H18ClNO4S/c1-19-13(17)12(10-21-8-7-15)16-14(18)20-9-11-5-3-2-4-6-11/h2-6,12H,7-10H2,1H3,(H,16,18)/t12-/m0/s1. The van der Waals surface area contributed by atoms with Gasteiger partial charge in [-0.3, -0.25) is 0 Å². The molecule has 1 aromatic carbocycles. The first kappa shape index (κ1) is 17.7. The van der Waals surface area contributed by atoms with Crippen molar-refractivity contribution in [3.05, 3.63) is 35.9 Å². The number of ether oxygens (including phenoxy) is 2. The third kappa shape index (κ3) is 7.24. The molecule has 0 bridgehead atoms. The number of thioether (sulfide) groups is 1. The molecule has 0 aliphatic rings. The number of hydrogen-bond donors (Lipinski definition) is 1. The second kappa shape index (κ2) is 10.3. The molecule has 1 aromatic rings. The Kier molecular flexibility index (Phi) is 8.69. The van der Waals surface area contributed by atoms with Crippen LogP contribution < -0.4 is 5.32 Å². The average molecular weight is 332 g/mol. The highest BCUT2D eigenvalue weighted by atomic mass is 35.5. The number of rotatable bonds is 8. The van der Waals surface area contributed by atoms with Crippen molar-refractivity contribution < 1.29 is 19.1 Å². The van der Waals surface area contributed by atoms with Gasteiger partial charge in [-0.1, -0.05) is 30.3 Å². The summed E-state index contributed by atoms with van der Waals surface area (Å²) in [6.07, 6.45) is -0.652. The molecule has 0 heterocycles. The zero-order valence-corrected chi connectivity index (χ0v) is 13.3. The Morgan fingerprint density at radius 3 is 2.67 bits per heavy atom. The molecule has 1 N–H and O–H groups in total. The number of methoxy groups -OCH3 is 1. The van der Waals surface area contributed by atoms with Crippen LogP contribution >= 0.6 is 23.4 Å². The summed E-state index contributed by atoms with van der Waals surface area (Å²) < 4.78 is 9.72. The summed E-state index contributed by atoms with van der Waals surface area (Å²) in [6, 6.07) is 8.55. The van der Waals surface area contributed by atoms with Crippen LogP contribution in [0.1, 0.15) is 5.56 Å². The lowest BCUT2D eigenvalue weighted by Gasteiger charge is -2.16. The van der Waals surface area contributed by atoms with Gasteiger partial charge in [0.15, 0.2) is 0 Å². The zero-order chi connectivity index (χ0) is 15.5. The third-order valence-corrected chi connectivity index (χ3v) is 3.97. The van der Waals surface area contributed by atoms with Gasteiger partial charge in [-0.25, -0.2) is 9.59 Å². The SMILES string of the molecule is COC(=O)[C@H](CSCCCl)NC(=O)OCc1ccccc1. The molecule has 1 atom stereocenters. The van der Waals surface area contributed by atoms with Gasteiger partial charge in [-0.2, -0.15) is 11.8 Å². The highest BCUT2D eigenvalue weighted by Gasteiger charge is 2.22. The molecule has 0 aliphatic carbocycles. The van der Waals surface area contributed by atoms with Gasteiger partial charge in [0, 0.05) is 17.4 Å². The quantitative estimate of drug-likeness (QED) is 0.450. The number of halogens is 1. The smallest absolute Gasteiger partial charge is 0.408 e. The van der Waals surface area contributed by atoms with E-state index in [0.29, 0.717) is 17.4 Å². The fourth-order valence-corrected chi connectivity index (χ4v) is 2.53. The Balaban J connectivity index is 2.41. The molecule has 0 fully saturated rings. The Labute approximate surface area is 133 Å². The Morgan fingerprint density at radius 1 is 1.33 bits per heavy atom. The number of carbonyl (C=O) groups is 2.